The van der Waals surface area contributed by atoms with Crippen LogP contribution in [0.2, 0.25) is 0 Å². The van der Waals surface area contributed by atoms with E-state index in [2.05, 4.69) is 56.8 Å². The fourth-order valence-electron chi connectivity index (χ4n) is 4.24. The third kappa shape index (κ3) is 6.17. The zero-order chi connectivity index (χ0) is 19.8. The highest BCUT2D eigenvalue weighted by molar-refractivity contribution is 7.10. The van der Waals surface area contributed by atoms with Gasteiger partial charge in [-0.2, -0.15) is 0 Å². The SMILES string of the molecule is CN=C(NCC(c1cccs1)N1CCOCC1)NC[C@H]1CCCN1CC(C)C. The lowest BCUT2D eigenvalue weighted by molar-refractivity contribution is 0.0177. The summed E-state index contributed by atoms with van der Waals surface area (Å²) in [7, 11) is 1.87. The number of hydrogen-bond acceptors (Lipinski definition) is 5. The van der Waals surface area contributed by atoms with E-state index in [9.17, 15) is 0 Å². The van der Waals surface area contributed by atoms with Crippen LogP contribution in [0.15, 0.2) is 22.5 Å². The van der Waals surface area contributed by atoms with Crippen molar-refractivity contribution in [3.05, 3.63) is 22.4 Å². The van der Waals surface area contributed by atoms with Crippen molar-refractivity contribution in [2.24, 2.45) is 10.9 Å². The Kier molecular flexibility index (Phi) is 8.58. The molecule has 2 N–H and O–H groups in total. The molecular weight excluding hydrogens is 370 g/mol. The highest BCUT2D eigenvalue weighted by Crippen LogP contribution is 2.25. The monoisotopic (exact) mass is 407 g/mol. The zero-order valence-electron chi connectivity index (χ0n) is 17.7. The molecule has 0 spiro atoms. The molecule has 1 aromatic rings. The zero-order valence-corrected chi connectivity index (χ0v) is 18.5. The Balaban J connectivity index is 1.51. The van der Waals surface area contributed by atoms with E-state index in [1.54, 1.807) is 0 Å². The van der Waals surface area contributed by atoms with Gasteiger partial charge in [-0.15, -0.1) is 11.3 Å². The number of hydrogen-bond donors (Lipinski definition) is 2. The van der Waals surface area contributed by atoms with Crippen LogP contribution in [0.25, 0.3) is 0 Å². The number of rotatable bonds is 8. The standard InChI is InChI=1S/C21H37N5OS/c1-17(2)16-26-8-4-6-18(26)14-23-21(22-3)24-15-19(20-7-5-13-28-20)25-9-11-27-12-10-25/h5,7,13,17-19H,4,6,8-12,14-16H2,1-3H3,(H2,22,23,24)/t18-,19?/m1/s1. The highest BCUT2D eigenvalue weighted by atomic mass is 32.1. The summed E-state index contributed by atoms with van der Waals surface area (Å²) in [5.74, 6) is 1.63. The molecule has 0 bridgehead atoms. The van der Waals surface area contributed by atoms with E-state index < -0.39 is 0 Å². The molecule has 0 aromatic carbocycles. The summed E-state index contributed by atoms with van der Waals surface area (Å²) in [6.07, 6.45) is 2.59. The first-order valence-corrected chi connectivity index (χ1v) is 11.6. The first-order chi connectivity index (χ1) is 13.7. The number of guanidine groups is 1. The molecule has 0 amide bonds. The molecule has 2 saturated heterocycles. The van der Waals surface area contributed by atoms with Gasteiger partial charge in [-0.3, -0.25) is 14.8 Å². The van der Waals surface area contributed by atoms with Gasteiger partial charge in [0.25, 0.3) is 0 Å². The van der Waals surface area contributed by atoms with Crippen LogP contribution in [0.4, 0.5) is 0 Å². The topological polar surface area (TPSA) is 52.1 Å². The van der Waals surface area contributed by atoms with Gasteiger partial charge in [-0.1, -0.05) is 19.9 Å². The lowest BCUT2D eigenvalue weighted by Crippen LogP contribution is -2.48. The number of ether oxygens (including phenoxy) is 1. The minimum Gasteiger partial charge on any atom is -0.379 e. The van der Waals surface area contributed by atoms with Crippen LogP contribution >= 0.6 is 11.3 Å². The predicted octanol–water partition coefficient (Wildman–Crippen LogP) is 2.41. The number of likely N-dealkylation sites (tertiary alicyclic amines) is 1. The Hall–Kier alpha value is -1.15. The van der Waals surface area contributed by atoms with E-state index >= 15 is 0 Å². The van der Waals surface area contributed by atoms with Gasteiger partial charge in [-0.25, -0.2) is 0 Å². The third-order valence-corrected chi connectivity index (χ3v) is 6.62. The quantitative estimate of drug-likeness (QED) is 0.512. The Morgan fingerprint density at radius 3 is 2.79 bits per heavy atom. The summed E-state index contributed by atoms with van der Waals surface area (Å²) in [5, 5.41) is 9.32. The van der Waals surface area contributed by atoms with E-state index in [1.807, 2.05) is 18.4 Å². The van der Waals surface area contributed by atoms with Crippen molar-refractivity contribution < 1.29 is 4.74 Å². The van der Waals surface area contributed by atoms with Crippen LogP contribution in [-0.2, 0) is 4.74 Å². The summed E-state index contributed by atoms with van der Waals surface area (Å²) in [6, 6.07) is 5.37. The Morgan fingerprint density at radius 1 is 1.29 bits per heavy atom. The minimum atomic E-state index is 0.367. The van der Waals surface area contributed by atoms with Gasteiger partial charge in [-0.05, 0) is 36.8 Å². The van der Waals surface area contributed by atoms with Crippen LogP contribution in [0.5, 0.6) is 0 Å². The van der Waals surface area contributed by atoms with E-state index in [0.29, 0.717) is 12.1 Å². The molecule has 3 heterocycles. The van der Waals surface area contributed by atoms with Crippen LogP contribution in [-0.4, -0.2) is 81.3 Å². The van der Waals surface area contributed by atoms with Gasteiger partial charge in [0.1, 0.15) is 0 Å². The van der Waals surface area contributed by atoms with E-state index in [-0.39, 0.29) is 0 Å². The van der Waals surface area contributed by atoms with Gasteiger partial charge in [0.05, 0.1) is 19.3 Å². The van der Waals surface area contributed by atoms with Crippen LogP contribution in [0, 0.1) is 5.92 Å². The molecular formula is C21H37N5OS. The van der Waals surface area contributed by atoms with Gasteiger partial charge < -0.3 is 15.4 Å². The number of nitrogens with one attached hydrogen (secondary N) is 2. The minimum absolute atomic E-state index is 0.367. The lowest BCUT2D eigenvalue weighted by Gasteiger charge is -2.34. The molecule has 3 rings (SSSR count). The number of morpholine rings is 1. The smallest absolute Gasteiger partial charge is 0.191 e. The summed E-state index contributed by atoms with van der Waals surface area (Å²) in [4.78, 5) is 11.0. The van der Waals surface area contributed by atoms with Crippen molar-refractivity contribution in [3.63, 3.8) is 0 Å². The van der Waals surface area contributed by atoms with Crippen molar-refractivity contribution in [2.45, 2.75) is 38.8 Å². The molecule has 6 nitrogen and oxygen atoms in total. The average Bonchev–Trinajstić information content (AvgIpc) is 3.37. The maximum atomic E-state index is 5.55. The van der Waals surface area contributed by atoms with Crippen molar-refractivity contribution >= 4 is 17.3 Å². The average molecular weight is 408 g/mol. The normalized spacial score (nSPS) is 23.3. The first kappa shape index (κ1) is 21.6. The van der Waals surface area contributed by atoms with Crippen LogP contribution < -0.4 is 10.6 Å². The maximum absolute atomic E-state index is 5.55. The van der Waals surface area contributed by atoms with Gasteiger partial charge in [0.15, 0.2) is 5.96 Å². The molecule has 28 heavy (non-hydrogen) atoms. The van der Waals surface area contributed by atoms with Gasteiger partial charge >= 0.3 is 0 Å². The van der Waals surface area contributed by atoms with Crippen molar-refractivity contribution in [1.29, 1.82) is 0 Å². The molecule has 158 valence electrons. The van der Waals surface area contributed by atoms with E-state index in [4.69, 9.17) is 4.74 Å². The summed E-state index contributed by atoms with van der Waals surface area (Å²) >= 11 is 1.83. The third-order valence-electron chi connectivity index (χ3n) is 5.65. The van der Waals surface area contributed by atoms with Crippen molar-refractivity contribution in [3.8, 4) is 0 Å². The predicted molar refractivity (Wildman–Crippen MR) is 118 cm³/mol. The summed E-state index contributed by atoms with van der Waals surface area (Å²) < 4.78 is 5.55. The van der Waals surface area contributed by atoms with Crippen molar-refractivity contribution in [1.82, 2.24) is 20.4 Å². The van der Waals surface area contributed by atoms with E-state index in [0.717, 1.165) is 51.3 Å². The molecule has 2 aliphatic heterocycles. The van der Waals surface area contributed by atoms with Gasteiger partial charge in [0.2, 0.25) is 0 Å². The molecule has 7 heteroatoms. The molecule has 2 aliphatic rings. The highest BCUT2D eigenvalue weighted by Gasteiger charge is 2.26. The molecule has 1 unspecified atom stereocenters. The second-order valence-electron chi connectivity index (χ2n) is 8.20. The second kappa shape index (κ2) is 11.1. The molecule has 2 atom stereocenters. The number of thiophene rings is 1. The molecule has 0 aliphatic carbocycles. The molecule has 0 radical (unpaired) electrons. The Labute approximate surface area is 174 Å². The molecule has 0 saturated carbocycles. The fourth-order valence-corrected chi connectivity index (χ4v) is 5.10. The Bertz CT molecular complexity index is 586. The lowest BCUT2D eigenvalue weighted by atomic mass is 10.1. The molecule has 1 aromatic heterocycles. The summed E-state index contributed by atoms with van der Waals surface area (Å²) in [5.41, 5.74) is 0. The van der Waals surface area contributed by atoms with Crippen molar-refractivity contribution in [2.75, 3.05) is 59.5 Å². The van der Waals surface area contributed by atoms with Crippen LogP contribution in [0.1, 0.15) is 37.6 Å². The second-order valence-corrected chi connectivity index (χ2v) is 9.18. The van der Waals surface area contributed by atoms with E-state index in [1.165, 1.54) is 30.8 Å². The Morgan fingerprint density at radius 2 is 2.11 bits per heavy atom. The largest absolute Gasteiger partial charge is 0.379 e. The first-order valence-electron chi connectivity index (χ1n) is 10.7. The number of aliphatic imine (C=N–C) groups is 1. The maximum Gasteiger partial charge on any atom is 0.191 e. The summed E-state index contributed by atoms with van der Waals surface area (Å²) in [6.45, 7) is 12.5. The van der Waals surface area contributed by atoms with Gasteiger partial charge in [0, 0.05) is 50.7 Å². The fraction of sp³-hybridized carbons (Fsp3) is 0.762. The van der Waals surface area contributed by atoms with Crippen LogP contribution in [0.3, 0.4) is 0 Å². The number of nitrogens with zero attached hydrogens (tertiary/aromatic N) is 3. The molecule has 2 fully saturated rings.